The fourth-order valence-electron chi connectivity index (χ4n) is 3.11. The molecule has 1 saturated heterocycles. The number of halogens is 3. The standard InChI is InChI=1S/C17H19F3N4O/c18-17(19,20)14-6-2-1-4-12(14)10-23-13-5-3-9-24(11-13)15-16(25)22-8-7-21-15/h1-2,4,6-8,13,23H,3,5,9-11H2,(H,22,25). The molecule has 3 rings (SSSR count). The van der Waals surface area contributed by atoms with Crippen LogP contribution >= 0.6 is 0 Å². The molecule has 8 heteroatoms. The quantitative estimate of drug-likeness (QED) is 0.888. The number of rotatable bonds is 4. The van der Waals surface area contributed by atoms with Gasteiger partial charge in [0.1, 0.15) is 0 Å². The minimum Gasteiger partial charge on any atom is -0.350 e. The number of hydrogen-bond donors (Lipinski definition) is 2. The Balaban J connectivity index is 1.67. The molecule has 134 valence electrons. The number of aromatic amines is 1. The van der Waals surface area contributed by atoms with E-state index in [1.165, 1.54) is 24.5 Å². The Morgan fingerprint density at radius 1 is 1.32 bits per heavy atom. The van der Waals surface area contributed by atoms with E-state index in [1.54, 1.807) is 6.07 Å². The van der Waals surface area contributed by atoms with Gasteiger partial charge < -0.3 is 15.2 Å². The van der Waals surface area contributed by atoms with Crippen LogP contribution in [0.2, 0.25) is 0 Å². The lowest BCUT2D eigenvalue weighted by molar-refractivity contribution is -0.138. The molecule has 1 atom stereocenters. The highest BCUT2D eigenvalue weighted by atomic mass is 19.4. The number of benzene rings is 1. The van der Waals surface area contributed by atoms with Gasteiger partial charge in [0, 0.05) is 38.1 Å². The lowest BCUT2D eigenvalue weighted by Gasteiger charge is -2.33. The Morgan fingerprint density at radius 3 is 2.88 bits per heavy atom. The van der Waals surface area contributed by atoms with Crippen LogP contribution in [0.3, 0.4) is 0 Å². The van der Waals surface area contributed by atoms with Crippen LogP contribution in [0.5, 0.6) is 0 Å². The third-order valence-corrected chi connectivity index (χ3v) is 4.31. The molecule has 1 aliphatic heterocycles. The van der Waals surface area contributed by atoms with Gasteiger partial charge in [-0.3, -0.25) is 4.79 Å². The van der Waals surface area contributed by atoms with E-state index in [1.807, 2.05) is 4.90 Å². The van der Waals surface area contributed by atoms with Crippen molar-refractivity contribution in [2.24, 2.45) is 0 Å². The number of aromatic nitrogens is 2. The summed E-state index contributed by atoms with van der Waals surface area (Å²) in [6.07, 6.45) is 0.315. The summed E-state index contributed by atoms with van der Waals surface area (Å²) < 4.78 is 39.2. The van der Waals surface area contributed by atoms with E-state index in [0.717, 1.165) is 18.9 Å². The number of nitrogens with one attached hydrogen (secondary N) is 2. The number of piperidine rings is 1. The van der Waals surface area contributed by atoms with Gasteiger partial charge in [0.05, 0.1) is 5.56 Å². The Morgan fingerprint density at radius 2 is 2.12 bits per heavy atom. The zero-order chi connectivity index (χ0) is 17.9. The number of alkyl halides is 3. The van der Waals surface area contributed by atoms with Crippen molar-refractivity contribution in [2.45, 2.75) is 31.6 Å². The van der Waals surface area contributed by atoms with Gasteiger partial charge in [-0.2, -0.15) is 13.2 Å². The van der Waals surface area contributed by atoms with Crippen LogP contribution in [0, 0.1) is 0 Å². The molecular formula is C17H19F3N4O. The van der Waals surface area contributed by atoms with E-state index < -0.39 is 11.7 Å². The molecule has 2 aromatic rings. The van der Waals surface area contributed by atoms with Gasteiger partial charge in [-0.05, 0) is 24.5 Å². The number of nitrogens with zero attached hydrogens (tertiary/aromatic N) is 2. The summed E-state index contributed by atoms with van der Waals surface area (Å²) in [6.45, 7) is 1.37. The minimum atomic E-state index is -4.36. The molecule has 1 aromatic carbocycles. The normalized spacial score (nSPS) is 18.4. The second kappa shape index (κ2) is 7.26. The lowest BCUT2D eigenvalue weighted by Crippen LogP contribution is -2.47. The van der Waals surface area contributed by atoms with Gasteiger partial charge in [0.25, 0.3) is 5.56 Å². The molecule has 2 N–H and O–H groups in total. The zero-order valence-electron chi connectivity index (χ0n) is 13.5. The Bertz CT molecular complexity index is 775. The van der Waals surface area contributed by atoms with E-state index in [0.29, 0.717) is 18.9 Å². The Hall–Kier alpha value is -2.35. The minimum absolute atomic E-state index is 0.00329. The smallest absolute Gasteiger partial charge is 0.350 e. The second-order valence-electron chi connectivity index (χ2n) is 6.06. The average Bonchev–Trinajstić information content (AvgIpc) is 2.60. The van der Waals surface area contributed by atoms with Crippen LogP contribution in [0.4, 0.5) is 19.0 Å². The second-order valence-corrected chi connectivity index (χ2v) is 6.06. The Kier molecular flexibility index (Phi) is 5.08. The molecule has 5 nitrogen and oxygen atoms in total. The maximum absolute atomic E-state index is 13.1. The molecule has 1 unspecified atom stereocenters. The molecule has 25 heavy (non-hydrogen) atoms. The molecule has 0 radical (unpaired) electrons. The fraction of sp³-hybridized carbons (Fsp3) is 0.412. The highest BCUT2D eigenvalue weighted by Gasteiger charge is 2.33. The average molecular weight is 352 g/mol. The van der Waals surface area contributed by atoms with Crippen molar-refractivity contribution >= 4 is 5.82 Å². The summed E-state index contributed by atoms with van der Waals surface area (Å²) in [5, 5.41) is 3.19. The van der Waals surface area contributed by atoms with Crippen molar-refractivity contribution in [1.82, 2.24) is 15.3 Å². The van der Waals surface area contributed by atoms with Gasteiger partial charge in [-0.15, -0.1) is 0 Å². The van der Waals surface area contributed by atoms with Crippen molar-refractivity contribution in [3.05, 3.63) is 58.1 Å². The molecule has 2 heterocycles. The molecule has 0 saturated carbocycles. The van der Waals surface area contributed by atoms with Crippen LogP contribution in [0.25, 0.3) is 0 Å². The van der Waals surface area contributed by atoms with E-state index in [-0.39, 0.29) is 23.7 Å². The van der Waals surface area contributed by atoms with E-state index >= 15 is 0 Å². The van der Waals surface area contributed by atoms with Gasteiger partial charge in [0.15, 0.2) is 5.82 Å². The first kappa shape index (κ1) is 17.5. The molecule has 0 aliphatic carbocycles. The van der Waals surface area contributed by atoms with Gasteiger partial charge in [-0.1, -0.05) is 18.2 Å². The van der Waals surface area contributed by atoms with Gasteiger partial charge in [-0.25, -0.2) is 4.98 Å². The van der Waals surface area contributed by atoms with Crippen molar-refractivity contribution < 1.29 is 13.2 Å². The molecule has 0 spiro atoms. The van der Waals surface area contributed by atoms with Crippen molar-refractivity contribution in [3.8, 4) is 0 Å². The maximum Gasteiger partial charge on any atom is 0.416 e. The third-order valence-electron chi connectivity index (χ3n) is 4.31. The summed E-state index contributed by atoms with van der Waals surface area (Å²) in [7, 11) is 0. The molecule has 1 aromatic heterocycles. The van der Waals surface area contributed by atoms with Crippen LogP contribution in [0.1, 0.15) is 24.0 Å². The third kappa shape index (κ3) is 4.19. The summed E-state index contributed by atoms with van der Waals surface area (Å²) in [6, 6.07) is 5.57. The molecule has 1 aliphatic rings. The van der Waals surface area contributed by atoms with Crippen LogP contribution in [-0.4, -0.2) is 29.1 Å². The van der Waals surface area contributed by atoms with E-state index in [4.69, 9.17) is 0 Å². The SMILES string of the molecule is O=c1[nH]ccnc1N1CCCC(NCc2ccccc2C(F)(F)F)C1. The predicted molar refractivity (Wildman–Crippen MR) is 88.4 cm³/mol. The lowest BCUT2D eigenvalue weighted by atomic mass is 10.0. The van der Waals surface area contributed by atoms with Crippen molar-refractivity contribution in [1.29, 1.82) is 0 Å². The van der Waals surface area contributed by atoms with Crippen molar-refractivity contribution in [3.63, 3.8) is 0 Å². The first-order valence-electron chi connectivity index (χ1n) is 8.12. The first-order valence-corrected chi connectivity index (χ1v) is 8.12. The van der Waals surface area contributed by atoms with Crippen LogP contribution < -0.4 is 15.8 Å². The summed E-state index contributed by atoms with van der Waals surface area (Å²) in [5.74, 6) is 0.352. The summed E-state index contributed by atoms with van der Waals surface area (Å²) >= 11 is 0. The van der Waals surface area contributed by atoms with Gasteiger partial charge >= 0.3 is 6.18 Å². The number of hydrogen-bond acceptors (Lipinski definition) is 4. The fourth-order valence-corrected chi connectivity index (χ4v) is 3.11. The monoisotopic (exact) mass is 352 g/mol. The number of anilines is 1. The first-order chi connectivity index (χ1) is 11.9. The maximum atomic E-state index is 13.1. The summed E-state index contributed by atoms with van der Waals surface area (Å²) in [4.78, 5) is 20.4. The summed E-state index contributed by atoms with van der Waals surface area (Å²) in [5.41, 5.74) is -0.648. The largest absolute Gasteiger partial charge is 0.416 e. The number of H-pyrrole nitrogens is 1. The zero-order valence-corrected chi connectivity index (χ0v) is 13.5. The van der Waals surface area contributed by atoms with Crippen LogP contribution in [0.15, 0.2) is 41.5 Å². The van der Waals surface area contributed by atoms with E-state index in [9.17, 15) is 18.0 Å². The van der Waals surface area contributed by atoms with Gasteiger partial charge in [0.2, 0.25) is 0 Å². The van der Waals surface area contributed by atoms with E-state index in [2.05, 4.69) is 15.3 Å². The topological polar surface area (TPSA) is 61.0 Å². The molecule has 0 amide bonds. The Labute approximate surface area is 142 Å². The molecular weight excluding hydrogens is 333 g/mol. The van der Waals surface area contributed by atoms with Crippen molar-refractivity contribution in [2.75, 3.05) is 18.0 Å². The molecule has 0 bridgehead atoms. The highest BCUT2D eigenvalue weighted by molar-refractivity contribution is 5.36. The molecule has 1 fully saturated rings. The predicted octanol–water partition coefficient (Wildman–Crippen LogP) is 2.55. The highest BCUT2D eigenvalue weighted by Crippen LogP contribution is 2.31. The van der Waals surface area contributed by atoms with Crippen LogP contribution in [-0.2, 0) is 12.7 Å².